The van der Waals surface area contributed by atoms with E-state index in [4.69, 9.17) is 11.6 Å². The van der Waals surface area contributed by atoms with Crippen molar-refractivity contribution < 1.29 is 4.79 Å². The number of benzene rings is 2. The van der Waals surface area contributed by atoms with Crippen LogP contribution in [0.4, 0.5) is 5.13 Å². The van der Waals surface area contributed by atoms with Gasteiger partial charge in [-0.1, -0.05) is 46.7 Å². The molecule has 2 aromatic carbocycles. The van der Waals surface area contributed by atoms with Crippen molar-refractivity contribution in [2.24, 2.45) is 0 Å². The van der Waals surface area contributed by atoms with Gasteiger partial charge in [-0.25, -0.2) is 4.98 Å². The smallest absolute Gasteiger partial charge is 0.230 e. The highest BCUT2D eigenvalue weighted by atomic mass is 35.5. The molecule has 0 unspecified atom stereocenters. The van der Waals surface area contributed by atoms with Gasteiger partial charge in [0.2, 0.25) is 5.91 Å². The zero-order valence-corrected chi connectivity index (χ0v) is 14.8. The first-order chi connectivity index (χ1) is 10.9. The molecule has 0 saturated heterocycles. The van der Waals surface area contributed by atoms with Crippen LogP contribution in [0.3, 0.4) is 0 Å². The van der Waals surface area contributed by atoms with E-state index in [0.29, 0.717) is 16.6 Å². The van der Waals surface area contributed by atoms with Crippen molar-refractivity contribution in [3.8, 4) is 0 Å². The first kappa shape index (κ1) is 16.0. The van der Waals surface area contributed by atoms with Gasteiger partial charge >= 0.3 is 0 Å². The molecule has 3 aromatic rings. The first-order valence-electron chi connectivity index (χ1n) is 7.35. The summed E-state index contributed by atoms with van der Waals surface area (Å²) in [5.74, 6) is -0.0542. The van der Waals surface area contributed by atoms with Gasteiger partial charge in [-0.15, -0.1) is 0 Å². The third-order valence-electron chi connectivity index (χ3n) is 3.85. The zero-order valence-electron chi connectivity index (χ0n) is 13.2. The number of halogens is 1. The minimum Gasteiger partial charge on any atom is -0.302 e. The molecule has 0 saturated carbocycles. The Morgan fingerprint density at radius 1 is 1.22 bits per heavy atom. The van der Waals surface area contributed by atoms with E-state index in [9.17, 15) is 4.79 Å². The average Bonchev–Trinajstić information content (AvgIpc) is 2.90. The lowest BCUT2D eigenvalue weighted by Crippen LogP contribution is -2.15. The Morgan fingerprint density at radius 2 is 2.00 bits per heavy atom. The molecule has 0 spiro atoms. The molecule has 1 heterocycles. The number of hydrogen-bond donors (Lipinski definition) is 1. The molecule has 1 aromatic heterocycles. The Morgan fingerprint density at radius 3 is 2.78 bits per heavy atom. The number of amides is 1. The van der Waals surface area contributed by atoms with E-state index in [2.05, 4.69) is 22.4 Å². The number of thiazole rings is 1. The molecule has 3 nitrogen and oxygen atoms in total. The molecule has 23 heavy (non-hydrogen) atoms. The molecule has 0 fully saturated rings. The number of anilines is 1. The van der Waals surface area contributed by atoms with Crippen molar-refractivity contribution in [1.29, 1.82) is 0 Å². The van der Waals surface area contributed by atoms with Crippen LogP contribution in [0.1, 0.15) is 22.3 Å². The van der Waals surface area contributed by atoms with Crippen LogP contribution in [0.15, 0.2) is 30.3 Å². The molecule has 0 bridgehead atoms. The van der Waals surface area contributed by atoms with Crippen molar-refractivity contribution in [2.45, 2.75) is 27.2 Å². The van der Waals surface area contributed by atoms with Gasteiger partial charge in [-0.05, 0) is 49.6 Å². The topological polar surface area (TPSA) is 42.0 Å². The molecule has 5 heteroatoms. The van der Waals surface area contributed by atoms with Gasteiger partial charge in [0.05, 0.1) is 16.6 Å². The van der Waals surface area contributed by atoms with Gasteiger partial charge in [0, 0.05) is 5.02 Å². The number of fused-ring (bicyclic) bond motifs is 1. The Bertz CT molecular complexity index is 901. The second-order valence-electron chi connectivity index (χ2n) is 5.69. The Balaban J connectivity index is 1.80. The third-order valence-corrected chi connectivity index (χ3v) is 5.20. The number of hydrogen-bond acceptors (Lipinski definition) is 3. The maximum Gasteiger partial charge on any atom is 0.230 e. The minimum absolute atomic E-state index is 0.0542. The zero-order chi connectivity index (χ0) is 16.6. The maximum absolute atomic E-state index is 12.3. The molecule has 118 valence electrons. The summed E-state index contributed by atoms with van der Waals surface area (Å²) >= 11 is 7.58. The molecule has 1 amide bonds. The lowest BCUT2D eigenvalue weighted by atomic mass is 10.0. The van der Waals surface area contributed by atoms with Crippen LogP contribution >= 0.6 is 22.9 Å². The van der Waals surface area contributed by atoms with Crippen molar-refractivity contribution in [3.63, 3.8) is 0 Å². The quantitative estimate of drug-likeness (QED) is 0.721. The summed E-state index contributed by atoms with van der Waals surface area (Å²) in [5.41, 5.74) is 5.11. The summed E-state index contributed by atoms with van der Waals surface area (Å²) in [7, 11) is 0. The van der Waals surface area contributed by atoms with Crippen LogP contribution in [0.25, 0.3) is 10.2 Å². The van der Waals surface area contributed by atoms with Gasteiger partial charge in [0.15, 0.2) is 5.13 Å². The molecule has 3 rings (SSSR count). The summed E-state index contributed by atoms with van der Waals surface area (Å²) in [6, 6.07) is 9.94. The van der Waals surface area contributed by atoms with E-state index in [-0.39, 0.29) is 5.91 Å². The van der Waals surface area contributed by atoms with Crippen LogP contribution in [-0.4, -0.2) is 10.9 Å². The largest absolute Gasteiger partial charge is 0.302 e. The van der Waals surface area contributed by atoms with Crippen molar-refractivity contribution in [3.05, 3.63) is 57.6 Å². The summed E-state index contributed by atoms with van der Waals surface area (Å²) in [6.07, 6.45) is 0.350. The van der Waals surface area contributed by atoms with Crippen LogP contribution in [0.2, 0.25) is 5.02 Å². The molecular weight excluding hydrogens is 328 g/mol. The van der Waals surface area contributed by atoms with Crippen LogP contribution < -0.4 is 5.32 Å². The fourth-order valence-corrected chi connectivity index (χ4v) is 3.58. The van der Waals surface area contributed by atoms with Crippen molar-refractivity contribution in [1.82, 2.24) is 4.98 Å². The SMILES string of the molecule is Cc1ccc(C)c(CC(=O)Nc2nc3c(C)c(Cl)ccc3s2)c1. The fourth-order valence-electron chi connectivity index (χ4n) is 2.48. The van der Waals surface area contributed by atoms with E-state index in [1.807, 2.05) is 39.0 Å². The summed E-state index contributed by atoms with van der Waals surface area (Å²) in [4.78, 5) is 16.8. The number of nitrogens with one attached hydrogen (secondary N) is 1. The number of rotatable bonds is 3. The molecule has 0 atom stereocenters. The highest BCUT2D eigenvalue weighted by molar-refractivity contribution is 7.22. The highest BCUT2D eigenvalue weighted by Crippen LogP contribution is 2.31. The molecule has 0 aliphatic rings. The molecule has 0 aliphatic heterocycles. The summed E-state index contributed by atoms with van der Waals surface area (Å²) in [5, 5.41) is 4.20. The van der Waals surface area contributed by atoms with E-state index >= 15 is 0 Å². The molecular formula is C18H17ClN2OS. The lowest BCUT2D eigenvalue weighted by molar-refractivity contribution is -0.115. The standard InChI is InChI=1S/C18H17ClN2OS/c1-10-4-5-11(2)13(8-10)9-16(22)20-18-21-17-12(3)14(19)6-7-15(17)23-18/h4-8H,9H2,1-3H3,(H,20,21,22). The minimum atomic E-state index is -0.0542. The number of aromatic nitrogens is 1. The lowest BCUT2D eigenvalue weighted by Gasteiger charge is -2.06. The first-order valence-corrected chi connectivity index (χ1v) is 8.55. The van der Waals surface area contributed by atoms with Crippen molar-refractivity contribution in [2.75, 3.05) is 5.32 Å². The Hall–Kier alpha value is -1.91. The number of carbonyl (C=O) groups excluding carboxylic acids is 1. The average molecular weight is 345 g/mol. The van der Waals surface area contributed by atoms with Crippen LogP contribution in [0, 0.1) is 20.8 Å². The second kappa shape index (κ2) is 6.30. The molecule has 0 radical (unpaired) electrons. The van der Waals surface area contributed by atoms with E-state index in [1.165, 1.54) is 11.3 Å². The second-order valence-corrected chi connectivity index (χ2v) is 7.13. The van der Waals surface area contributed by atoms with E-state index in [1.54, 1.807) is 0 Å². The monoisotopic (exact) mass is 344 g/mol. The third kappa shape index (κ3) is 3.38. The predicted molar refractivity (Wildman–Crippen MR) is 97.6 cm³/mol. The number of nitrogens with zero attached hydrogens (tertiary/aromatic N) is 1. The van der Waals surface area contributed by atoms with Gasteiger partial charge in [-0.3, -0.25) is 4.79 Å². The number of aryl methyl sites for hydroxylation is 3. The maximum atomic E-state index is 12.3. The van der Waals surface area contributed by atoms with Crippen LogP contribution in [-0.2, 0) is 11.2 Å². The van der Waals surface area contributed by atoms with Crippen molar-refractivity contribution >= 4 is 44.2 Å². The van der Waals surface area contributed by atoms with Gasteiger partial charge in [0.25, 0.3) is 0 Å². The normalized spacial score (nSPS) is 11.0. The van der Waals surface area contributed by atoms with Gasteiger partial charge < -0.3 is 5.32 Å². The van der Waals surface area contributed by atoms with Crippen LogP contribution in [0.5, 0.6) is 0 Å². The van der Waals surface area contributed by atoms with Gasteiger partial charge in [0.1, 0.15) is 0 Å². The fraction of sp³-hybridized carbons (Fsp3) is 0.222. The van der Waals surface area contributed by atoms with Gasteiger partial charge in [-0.2, -0.15) is 0 Å². The predicted octanol–water partition coefficient (Wildman–Crippen LogP) is 5.06. The van der Waals surface area contributed by atoms with E-state index in [0.717, 1.165) is 32.5 Å². The molecule has 0 aliphatic carbocycles. The summed E-state index contributed by atoms with van der Waals surface area (Å²) < 4.78 is 1.02. The highest BCUT2D eigenvalue weighted by Gasteiger charge is 2.12. The van der Waals surface area contributed by atoms with E-state index < -0.39 is 0 Å². The Labute approximate surface area is 144 Å². The molecule has 1 N–H and O–H groups in total. The summed E-state index contributed by atoms with van der Waals surface area (Å²) in [6.45, 7) is 5.98. The number of carbonyl (C=O) groups is 1. The Kier molecular flexibility index (Phi) is 4.37.